The molecule has 22 rings (SSSR count). The van der Waals surface area contributed by atoms with Crippen molar-refractivity contribution in [3.05, 3.63) is 403 Å². The fourth-order valence-electron chi connectivity index (χ4n) is 17.8. The maximum atomic E-state index is 7.27. The van der Waals surface area contributed by atoms with Gasteiger partial charge in [-0.15, -0.1) is 11.3 Å². The van der Waals surface area contributed by atoms with Crippen molar-refractivity contribution in [1.29, 1.82) is 0 Å². The molecular formula is C99H59N5O2S. The smallest absolute Gasteiger partial charge is 0.160 e. The number of pyridine rings is 1. The molecule has 0 N–H and O–H groups in total. The maximum absolute atomic E-state index is 7.27. The summed E-state index contributed by atoms with van der Waals surface area (Å²) in [5.74, 6) is 4.71. The van der Waals surface area contributed by atoms with Gasteiger partial charge in [0, 0.05) is 87.6 Å². The number of rotatable bonds is 9. The van der Waals surface area contributed by atoms with Gasteiger partial charge in [0.15, 0.2) is 11.6 Å². The number of nitrogens with zero attached hydrogens (tertiary/aromatic N) is 5. The van der Waals surface area contributed by atoms with Crippen molar-refractivity contribution >= 4 is 31.5 Å². The Balaban J connectivity index is 0.634. The second-order valence-corrected chi connectivity index (χ2v) is 29.0. The molecule has 0 saturated carbocycles. The number of fused-ring (bicyclic) bond motifs is 21. The molecule has 2 spiro atoms. The first kappa shape index (κ1) is 60.8. The zero-order chi connectivity index (χ0) is 70.3. The second-order valence-electron chi connectivity index (χ2n) is 27.9. The Kier molecular flexibility index (Phi) is 13.6. The number of hydrogen-bond acceptors (Lipinski definition) is 8. The molecule has 0 bridgehead atoms. The summed E-state index contributed by atoms with van der Waals surface area (Å²) in [6.45, 7) is 0. The lowest BCUT2D eigenvalue weighted by atomic mass is 9.65. The molecule has 4 aromatic heterocycles. The fraction of sp³-hybridized carbons (Fsp3) is 0.0202. The molecule has 1 atom stereocenters. The molecule has 2 aliphatic heterocycles. The first-order valence-electron chi connectivity index (χ1n) is 36.3. The number of thiophene rings is 1. The van der Waals surface area contributed by atoms with Crippen LogP contribution in [0.1, 0.15) is 44.5 Å². The highest BCUT2D eigenvalue weighted by Crippen LogP contribution is 2.66. The molecule has 0 saturated heterocycles. The number of benzene rings is 14. The molecule has 14 aromatic carbocycles. The standard InChI is InChI=1S/C99H59N5O2S/c1-3-23-64(24-4-1)96-101-84(62-50-46-60(47-51-62)67-30-19-40-81-94(67)105-88-43-15-13-37-78(88)98(81)75-34-10-7-27-69(75)70-28-8-11-35-76(70)98)58-86(103-96)66-54-55-74-91(57-66)107-90-45-22-33-72(93(74)90)71-32-21-39-80-92(71)73-29-9-12-36-77(73)99(80)79-38-14-16-44-89(79)106-95-68(31-20-41-82(95)99)61-48-52-63(53-49-61)85-59-87(83-42-17-18-56-100-83)104-97(102-85)65-25-5-2-6-26-65/h1-59H. The predicted octanol–water partition coefficient (Wildman–Crippen LogP) is 25.0. The summed E-state index contributed by atoms with van der Waals surface area (Å²) in [6.07, 6.45) is 1.80. The van der Waals surface area contributed by atoms with Gasteiger partial charge in [0.2, 0.25) is 0 Å². The van der Waals surface area contributed by atoms with Gasteiger partial charge in [0.05, 0.1) is 39.3 Å². The Bertz CT molecular complexity index is 6590. The van der Waals surface area contributed by atoms with E-state index < -0.39 is 10.8 Å². The van der Waals surface area contributed by atoms with Crippen LogP contribution in [0.4, 0.5) is 0 Å². The lowest BCUT2D eigenvalue weighted by Gasteiger charge is -2.40. The highest BCUT2D eigenvalue weighted by atomic mass is 32.1. The van der Waals surface area contributed by atoms with Gasteiger partial charge in [-0.3, -0.25) is 4.98 Å². The van der Waals surface area contributed by atoms with Crippen LogP contribution in [-0.4, -0.2) is 24.9 Å². The van der Waals surface area contributed by atoms with Gasteiger partial charge < -0.3 is 9.47 Å². The van der Waals surface area contributed by atoms with Crippen LogP contribution in [0.3, 0.4) is 0 Å². The molecular weight excluding hydrogens is 1320 g/mol. The first-order chi connectivity index (χ1) is 53.0. The van der Waals surface area contributed by atoms with Gasteiger partial charge in [0.25, 0.3) is 0 Å². The average molecular weight is 1380 g/mol. The number of aromatic nitrogens is 5. The molecule has 498 valence electrons. The number of para-hydroxylation sites is 4. The Morgan fingerprint density at radius 2 is 0.654 bits per heavy atom. The molecule has 6 heterocycles. The number of ether oxygens (including phenoxy) is 2. The van der Waals surface area contributed by atoms with Crippen LogP contribution in [0.2, 0.25) is 0 Å². The molecule has 7 nitrogen and oxygen atoms in total. The van der Waals surface area contributed by atoms with Gasteiger partial charge in [-0.1, -0.05) is 303 Å². The van der Waals surface area contributed by atoms with Gasteiger partial charge in [0.1, 0.15) is 23.0 Å². The highest BCUT2D eigenvalue weighted by molar-refractivity contribution is 7.26. The Labute approximate surface area is 621 Å². The first-order valence-corrected chi connectivity index (χ1v) is 37.1. The van der Waals surface area contributed by atoms with E-state index in [0.717, 1.165) is 124 Å². The summed E-state index contributed by atoms with van der Waals surface area (Å²) in [7, 11) is 0. The van der Waals surface area contributed by atoms with Crippen LogP contribution in [0, 0.1) is 0 Å². The summed E-state index contributed by atoms with van der Waals surface area (Å²) >= 11 is 1.83. The van der Waals surface area contributed by atoms with Crippen LogP contribution in [0.15, 0.2) is 358 Å². The average Bonchev–Trinajstić information content (AvgIpc) is 1.55. The van der Waals surface area contributed by atoms with Crippen LogP contribution < -0.4 is 9.47 Å². The van der Waals surface area contributed by atoms with Crippen LogP contribution >= 0.6 is 11.3 Å². The molecule has 0 amide bonds. The SMILES string of the molecule is c1ccc(-c2nc(-c3ccc(-c4cccc5c4Oc4ccccc4C54c5ccccc5-c5ccccc54)cc3)cc(-c3ccc4c(c3)sc3cccc(-c5cccc6c5-c5ccccc5C65c6ccccc6Oc6c(-c7ccc(-c8cc(-c9ccccn9)nc(-c9ccccc9)n8)cc7)cccc65)c34)n2)cc1. The largest absolute Gasteiger partial charge is 0.456 e. The third-order valence-electron chi connectivity index (χ3n) is 22.4. The van der Waals surface area contributed by atoms with E-state index in [1.54, 1.807) is 6.20 Å². The molecule has 8 heteroatoms. The summed E-state index contributed by atoms with van der Waals surface area (Å²) in [5, 5.41) is 2.42. The Hall–Kier alpha value is -13.8. The fourth-order valence-corrected chi connectivity index (χ4v) is 19.0. The van der Waals surface area contributed by atoms with Gasteiger partial charge in [-0.2, -0.15) is 0 Å². The molecule has 107 heavy (non-hydrogen) atoms. The minimum atomic E-state index is -0.722. The van der Waals surface area contributed by atoms with Crippen molar-refractivity contribution in [2.75, 3.05) is 0 Å². The van der Waals surface area contributed by atoms with Crippen molar-refractivity contribution in [2.24, 2.45) is 0 Å². The summed E-state index contributed by atoms with van der Waals surface area (Å²) in [5.41, 5.74) is 28.5. The van der Waals surface area contributed by atoms with Crippen molar-refractivity contribution < 1.29 is 9.47 Å². The molecule has 0 radical (unpaired) electrons. The van der Waals surface area contributed by atoms with Crippen LogP contribution in [-0.2, 0) is 10.8 Å². The number of hydrogen-bond donors (Lipinski definition) is 0. The zero-order valence-electron chi connectivity index (χ0n) is 57.5. The van der Waals surface area contributed by atoms with Gasteiger partial charge in [-0.25, -0.2) is 19.9 Å². The van der Waals surface area contributed by atoms with Crippen molar-refractivity contribution in [3.8, 4) is 147 Å². The van der Waals surface area contributed by atoms with Crippen molar-refractivity contribution in [1.82, 2.24) is 24.9 Å². The molecule has 1 unspecified atom stereocenters. The monoisotopic (exact) mass is 1380 g/mol. The Morgan fingerprint density at radius 3 is 1.22 bits per heavy atom. The topological polar surface area (TPSA) is 82.9 Å². The van der Waals surface area contributed by atoms with E-state index in [0.29, 0.717) is 11.6 Å². The van der Waals surface area contributed by atoms with E-state index in [1.807, 2.05) is 72.0 Å². The van der Waals surface area contributed by atoms with E-state index in [1.165, 1.54) is 75.8 Å². The molecule has 4 aliphatic rings. The van der Waals surface area contributed by atoms with E-state index >= 15 is 0 Å². The van der Waals surface area contributed by atoms with E-state index in [9.17, 15) is 0 Å². The van der Waals surface area contributed by atoms with Gasteiger partial charge in [-0.05, 0) is 115 Å². The quantitative estimate of drug-likeness (QED) is 0.142. The summed E-state index contributed by atoms with van der Waals surface area (Å²) in [4.78, 5) is 25.5. The molecule has 18 aromatic rings. The maximum Gasteiger partial charge on any atom is 0.160 e. The molecule has 0 fully saturated rings. The van der Waals surface area contributed by atoms with Gasteiger partial charge >= 0.3 is 0 Å². The highest BCUT2D eigenvalue weighted by Gasteiger charge is 2.54. The summed E-state index contributed by atoms with van der Waals surface area (Å²) < 4.78 is 16.8. The predicted molar refractivity (Wildman–Crippen MR) is 432 cm³/mol. The second kappa shape index (κ2) is 23.9. The van der Waals surface area contributed by atoms with Crippen LogP contribution in [0.25, 0.3) is 144 Å². The zero-order valence-corrected chi connectivity index (χ0v) is 58.3. The molecule has 2 aliphatic carbocycles. The van der Waals surface area contributed by atoms with Crippen LogP contribution in [0.5, 0.6) is 23.0 Å². The van der Waals surface area contributed by atoms with E-state index in [-0.39, 0.29) is 0 Å². The lowest BCUT2D eigenvalue weighted by Crippen LogP contribution is -2.32. The van der Waals surface area contributed by atoms with Crippen molar-refractivity contribution in [3.63, 3.8) is 0 Å². The summed E-state index contributed by atoms with van der Waals surface area (Å²) in [6, 6.07) is 126. The van der Waals surface area contributed by atoms with E-state index in [2.05, 4.69) is 296 Å². The third kappa shape index (κ3) is 9.16. The minimum absolute atomic E-state index is 0.555. The minimum Gasteiger partial charge on any atom is -0.456 e. The normalized spacial score (nSPS) is 14.2. The lowest BCUT2D eigenvalue weighted by molar-refractivity contribution is 0.438. The van der Waals surface area contributed by atoms with Crippen molar-refractivity contribution in [2.45, 2.75) is 10.8 Å². The Morgan fingerprint density at radius 1 is 0.243 bits per heavy atom. The van der Waals surface area contributed by atoms with E-state index in [4.69, 9.17) is 29.4 Å². The third-order valence-corrected chi connectivity index (χ3v) is 23.5.